The van der Waals surface area contributed by atoms with Gasteiger partial charge in [0, 0.05) is 62.1 Å². The second kappa shape index (κ2) is 11.9. The number of hydrogen-bond acceptors (Lipinski definition) is 6. The summed E-state index contributed by atoms with van der Waals surface area (Å²) in [6.45, 7) is 13.6. The Bertz CT molecular complexity index is 1070. The van der Waals surface area contributed by atoms with Gasteiger partial charge in [-0.25, -0.2) is 4.79 Å². The van der Waals surface area contributed by atoms with E-state index in [4.69, 9.17) is 9.47 Å². The maximum absolute atomic E-state index is 13.3. The van der Waals surface area contributed by atoms with Crippen LogP contribution in [0.15, 0.2) is 18.2 Å². The fourth-order valence-corrected chi connectivity index (χ4v) is 5.81. The molecule has 1 aromatic rings. The fourth-order valence-electron chi connectivity index (χ4n) is 4.86. The molecule has 1 aliphatic heterocycles. The van der Waals surface area contributed by atoms with Crippen molar-refractivity contribution in [1.29, 1.82) is 0 Å². The molecule has 2 aliphatic rings. The standard InChI is InChI=1S/C29H43N3O5S/c1-27(2,3)37-26(34)32-15-13-29(14-16-32)20-22-11-9-21(10-12-24(33)31(7)17-18-36-8)19-23(22)25(29)30-38(35)28(4,5)6/h9,11,19,25,30H,13-18,20H2,1-8H3/t25-,38-/m1/s1. The zero-order valence-electron chi connectivity index (χ0n) is 24.1. The molecule has 8 nitrogen and oxygen atoms in total. The molecule has 0 saturated carbocycles. The smallest absolute Gasteiger partial charge is 0.410 e. The van der Waals surface area contributed by atoms with E-state index in [1.807, 2.05) is 53.7 Å². The van der Waals surface area contributed by atoms with E-state index in [1.54, 1.807) is 19.1 Å². The van der Waals surface area contributed by atoms with Crippen molar-refractivity contribution in [2.24, 2.45) is 5.41 Å². The summed E-state index contributed by atoms with van der Waals surface area (Å²) < 4.78 is 26.9. The summed E-state index contributed by atoms with van der Waals surface area (Å²) in [4.78, 5) is 28.4. The summed E-state index contributed by atoms with van der Waals surface area (Å²) in [7, 11) is 3.30. The molecular weight excluding hydrogens is 502 g/mol. The fraction of sp³-hybridized carbons (Fsp3) is 0.655. The number of benzene rings is 1. The van der Waals surface area contributed by atoms with Crippen molar-refractivity contribution < 1.29 is 23.6 Å². The van der Waals surface area contributed by atoms with Gasteiger partial charge in [-0.2, -0.15) is 0 Å². The maximum Gasteiger partial charge on any atom is 0.410 e. The highest BCUT2D eigenvalue weighted by Gasteiger charge is 2.51. The molecule has 1 spiro atoms. The number of nitrogens with one attached hydrogen (secondary N) is 1. The first-order valence-corrected chi connectivity index (χ1v) is 14.3. The van der Waals surface area contributed by atoms with Crippen molar-refractivity contribution >= 4 is 23.4 Å². The van der Waals surface area contributed by atoms with E-state index in [0.717, 1.165) is 30.4 Å². The second-order valence-electron chi connectivity index (χ2n) is 12.3. The van der Waals surface area contributed by atoms with Crippen molar-refractivity contribution in [2.45, 2.75) is 77.2 Å². The number of carbonyl (C=O) groups excluding carboxylic acids is 2. The third-order valence-corrected chi connectivity index (χ3v) is 8.66. The molecule has 1 aromatic carbocycles. The maximum atomic E-state index is 13.3. The highest BCUT2D eigenvalue weighted by molar-refractivity contribution is 7.90. The van der Waals surface area contributed by atoms with Crippen molar-refractivity contribution in [1.82, 2.24) is 14.5 Å². The number of piperidine rings is 1. The number of methoxy groups -OCH3 is 1. The predicted molar refractivity (Wildman–Crippen MR) is 150 cm³/mol. The van der Waals surface area contributed by atoms with Crippen LogP contribution in [-0.4, -0.2) is 77.1 Å². The third-order valence-electron chi connectivity index (χ3n) is 7.10. The van der Waals surface area contributed by atoms with Crippen LogP contribution in [0.3, 0.4) is 0 Å². The van der Waals surface area contributed by atoms with Gasteiger partial charge in [0.2, 0.25) is 0 Å². The van der Waals surface area contributed by atoms with Gasteiger partial charge in [-0.3, -0.25) is 4.79 Å². The molecule has 1 N–H and O–H groups in total. The number of carbonyl (C=O) groups is 2. The van der Waals surface area contributed by atoms with Gasteiger partial charge in [0.15, 0.2) is 0 Å². The SMILES string of the molecule is COCCN(C)C(=O)C#Cc1ccc2c(c1)[C@@H](N[S@+]([O-])C(C)(C)C)C1(CCN(C(=O)OC(C)(C)C)CC1)C2. The Balaban J connectivity index is 1.85. The van der Waals surface area contributed by atoms with Gasteiger partial charge < -0.3 is 23.8 Å². The van der Waals surface area contributed by atoms with Gasteiger partial charge in [-0.1, -0.05) is 12.0 Å². The number of amides is 2. The summed E-state index contributed by atoms with van der Waals surface area (Å²) in [6, 6.07) is 5.89. The summed E-state index contributed by atoms with van der Waals surface area (Å²) in [5.74, 6) is 5.48. The van der Waals surface area contributed by atoms with Crippen molar-refractivity contribution in [3.8, 4) is 11.8 Å². The van der Waals surface area contributed by atoms with Crippen molar-refractivity contribution in [3.05, 3.63) is 34.9 Å². The third kappa shape index (κ3) is 7.44. The molecule has 0 aromatic heterocycles. The largest absolute Gasteiger partial charge is 0.598 e. The van der Waals surface area contributed by atoms with E-state index in [0.29, 0.717) is 26.2 Å². The zero-order chi connectivity index (χ0) is 28.3. The number of likely N-dealkylation sites (N-methyl/N-ethyl adjacent to an activating group) is 1. The van der Waals surface area contributed by atoms with Gasteiger partial charge in [0.1, 0.15) is 10.3 Å². The lowest BCUT2D eigenvalue weighted by Crippen LogP contribution is -2.51. The number of hydrogen-bond donors (Lipinski definition) is 1. The number of likely N-dealkylation sites (tertiary alicyclic amines) is 1. The quantitative estimate of drug-likeness (QED) is 0.447. The van der Waals surface area contributed by atoms with Crippen LogP contribution in [0, 0.1) is 17.3 Å². The van der Waals surface area contributed by atoms with Crippen LogP contribution < -0.4 is 4.72 Å². The number of nitrogens with zero attached hydrogens (tertiary/aromatic N) is 2. The first-order valence-electron chi connectivity index (χ1n) is 13.2. The van der Waals surface area contributed by atoms with E-state index < -0.39 is 21.7 Å². The molecular formula is C29H43N3O5S. The Morgan fingerprint density at radius 2 is 1.87 bits per heavy atom. The molecule has 0 bridgehead atoms. The lowest BCUT2D eigenvalue weighted by molar-refractivity contribution is -0.124. The minimum absolute atomic E-state index is 0.153. The molecule has 2 atom stereocenters. The van der Waals surface area contributed by atoms with Crippen LogP contribution in [0.1, 0.15) is 77.1 Å². The molecule has 3 rings (SSSR count). The van der Waals surface area contributed by atoms with Gasteiger partial charge in [-0.15, -0.1) is 4.72 Å². The Morgan fingerprint density at radius 3 is 2.45 bits per heavy atom. The topological polar surface area (TPSA) is 94.2 Å². The zero-order valence-corrected chi connectivity index (χ0v) is 24.9. The Morgan fingerprint density at radius 1 is 1.21 bits per heavy atom. The van der Waals surface area contributed by atoms with E-state index in [9.17, 15) is 14.1 Å². The molecule has 210 valence electrons. The van der Waals surface area contributed by atoms with Crippen LogP contribution in [0.25, 0.3) is 0 Å². The molecule has 2 amide bonds. The minimum atomic E-state index is -1.28. The number of rotatable bonds is 5. The molecule has 9 heteroatoms. The van der Waals surface area contributed by atoms with Crippen LogP contribution in [-0.2, 0) is 32.1 Å². The summed E-state index contributed by atoms with van der Waals surface area (Å²) in [5, 5.41) is 0. The van der Waals surface area contributed by atoms with E-state index in [-0.39, 0.29) is 23.5 Å². The normalized spacial score (nSPS) is 19.4. The Labute approximate surface area is 231 Å². The Kier molecular flexibility index (Phi) is 9.46. The van der Waals surface area contributed by atoms with E-state index in [2.05, 4.69) is 22.6 Å². The summed E-state index contributed by atoms with van der Waals surface area (Å²) >= 11 is -1.28. The predicted octanol–water partition coefficient (Wildman–Crippen LogP) is 3.81. The first-order chi connectivity index (χ1) is 17.6. The number of ether oxygens (including phenoxy) is 2. The molecule has 1 aliphatic carbocycles. The van der Waals surface area contributed by atoms with Crippen LogP contribution in [0.2, 0.25) is 0 Å². The van der Waals surface area contributed by atoms with Gasteiger partial charge in [0.25, 0.3) is 5.91 Å². The van der Waals surface area contributed by atoms with Gasteiger partial charge >= 0.3 is 6.09 Å². The average Bonchev–Trinajstić information content (AvgIpc) is 3.11. The first kappa shape index (κ1) is 30.3. The van der Waals surface area contributed by atoms with E-state index >= 15 is 0 Å². The van der Waals surface area contributed by atoms with Crippen LogP contribution >= 0.6 is 0 Å². The van der Waals surface area contributed by atoms with Crippen LogP contribution in [0.5, 0.6) is 0 Å². The summed E-state index contributed by atoms with van der Waals surface area (Å²) in [5.41, 5.74) is 2.28. The van der Waals surface area contributed by atoms with E-state index in [1.165, 1.54) is 10.5 Å². The average molecular weight is 546 g/mol. The molecule has 1 fully saturated rings. The lowest BCUT2D eigenvalue weighted by atomic mass is 9.73. The lowest BCUT2D eigenvalue weighted by Gasteiger charge is -2.43. The van der Waals surface area contributed by atoms with Gasteiger partial charge in [-0.05, 0) is 84.1 Å². The molecule has 0 unspecified atom stereocenters. The van der Waals surface area contributed by atoms with Crippen LogP contribution in [0.4, 0.5) is 4.79 Å². The monoisotopic (exact) mass is 545 g/mol. The Hall–Kier alpha value is -2.25. The minimum Gasteiger partial charge on any atom is -0.598 e. The van der Waals surface area contributed by atoms with Crippen molar-refractivity contribution in [2.75, 3.05) is 40.4 Å². The van der Waals surface area contributed by atoms with Crippen molar-refractivity contribution in [3.63, 3.8) is 0 Å². The highest BCUT2D eigenvalue weighted by atomic mass is 32.2. The second-order valence-corrected chi connectivity index (χ2v) is 14.3. The summed E-state index contributed by atoms with van der Waals surface area (Å²) in [6.07, 6.45) is 2.08. The molecule has 38 heavy (non-hydrogen) atoms. The molecule has 0 radical (unpaired) electrons. The number of fused-ring (bicyclic) bond motifs is 1. The highest BCUT2D eigenvalue weighted by Crippen LogP contribution is 2.53. The molecule has 1 saturated heterocycles. The van der Waals surface area contributed by atoms with Gasteiger partial charge in [0.05, 0.1) is 12.6 Å². The molecule has 1 heterocycles.